The minimum Gasteiger partial charge on any atom is -0.491 e. The molecule has 20 heteroatoms. The number of rotatable bonds is 15. The third kappa shape index (κ3) is 8.22. The second kappa shape index (κ2) is 17.1. The lowest BCUT2D eigenvalue weighted by atomic mass is 10.1. The summed E-state index contributed by atoms with van der Waals surface area (Å²) in [5.74, 6) is -2.51. The monoisotopic (exact) mass is 812 g/mol. The van der Waals surface area contributed by atoms with Gasteiger partial charge in [-0.25, -0.2) is 0 Å². The molecule has 4 aromatic heterocycles. The van der Waals surface area contributed by atoms with Gasteiger partial charge in [-0.05, 0) is 70.2 Å². The zero-order valence-corrected chi connectivity index (χ0v) is 33.7. The van der Waals surface area contributed by atoms with E-state index >= 15 is 0 Å². The van der Waals surface area contributed by atoms with Gasteiger partial charge in [0, 0.05) is 51.3 Å². The highest BCUT2D eigenvalue weighted by atomic mass is 16.5. The molecule has 7 N–H and O–H groups in total. The molecule has 312 valence electrons. The van der Waals surface area contributed by atoms with Crippen LogP contribution in [0.4, 0.5) is 0 Å². The average Bonchev–Trinajstić information content (AvgIpc) is 3.93. The second-order valence-corrected chi connectivity index (χ2v) is 14.1. The smallest absolute Gasteiger partial charge is 0.298 e. The van der Waals surface area contributed by atoms with Crippen molar-refractivity contribution in [2.75, 3.05) is 13.2 Å². The number of amides is 4. The Morgan fingerprint density at radius 3 is 1.76 bits per heavy atom. The topological polar surface area (TPSA) is 270 Å². The van der Waals surface area contributed by atoms with Crippen LogP contribution in [0, 0.1) is 13.8 Å². The molecule has 0 saturated heterocycles. The van der Waals surface area contributed by atoms with Crippen molar-refractivity contribution in [2.45, 2.75) is 72.5 Å². The van der Waals surface area contributed by atoms with Crippen molar-refractivity contribution < 1.29 is 39.2 Å². The summed E-state index contributed by atoms with van der Waals surface area (Å²) in [5, 5.41) is 41.9. The molecule has 0 aliphatic heterocycles. The van der Waals surface area contributed by atoms with Crippen LogP contribution in [0.2, 0.25) is 0 Å². The number of carbonyl (C=O) groups excluding carboxylic acids is 4. The molecule has 2 unspecified atom stereocenters. The summed E-state index contributed by atoms with van der Waals surface area (Å²) >= 11 is 0. The van der Waals surface area contributed by atoms with Gasteiger partial charge in [0.2, 0.25) is 23.1 Å². The Labute approximate surface area is 336 Å². The third-order valence-electron chi connectivity index (χ3n) is 9.95. The summed E-state index contributed by atoms with van der Waals surface area (Å²) < 4.78 is 15.2. The van der Waals surface area contributed by atoms with E-state index in [9.17, 15) is 34.5 Å². The van der Waals surface area contributed by atoms with Crippen molar-refractivity contribution in [3.05, 3.63) is 87.6 Å². The number of primary amides is 2. The molecule has 4 heterocycles. The lowest BCUT2D eigenvalue weighted by molar-refractivity contribution is -0.000203. The highest BCUT2D eigenvalue weighted by Gasteiger charge is 2.26. The molecule has 0 fully saturated rings. The van der Waals surface area contributed by atoms with Crippen LogP contribution in [0.5, 0.6) is 5.75 Å². The van der Waals surface area contributed by atoms with Crippen molar-refractivity contribution in [3.63, 3.8) is 0 Å². The van der Waals surface area contributed by atoms with E-state index in [1.54, 1.807) is 61.3 Å². The van der Waals surface area contributed by atoms with E-state index in [2.05, 4.69) is 20.2 Å². The summed E-state index contributed by atoms with van der Waals surface area (Å²) in [4.78, 5) is 61.0. The van der Waals surface area contributed by atoms with E-state index in [4.69, 9.17) is 16.2 Å². The Morgan fingerprint density at radius 2 is 1.24 bits per heavy atom. The lowest BCUT2D eigenvalue weighted by Crippen LogP contribution is -2.40. The maximum absolute atomic E-state index is 13.8. The first kappa shape index (κ1) is 42.0. The van der Waals surface area contributed by atoms with Crippen LogP contribution in [-0.4, -0.2) is 102 Å². The van der Waals surface area contributed by atoms with Crippen LogP contribution in [0.25, 0.3) is 22.1 Å². The number of carbonyl (C=O) groups is 4. The summed E-state index contributed by atoms with van der Waals surface area (Å²) in [6.45, 7) is 7.21. The number of aromatic nitrogens is 8. The second-order valence-electron chi connectivity index (χ2n) is 14.1. The molecular formula is C39H48N12O8. The lowest BCUT2D eigenvalue weighted by Gasteiger charge is -2.20. The van der Waals surface area contributed by atoms with Gasteiger partial charge in [0.1, 0.15) is 22.7 Å². The minimum absolute atomic E-state index is 0.0345. The summed E-state index contributed by atoms with van der Waals surface area (Å²) in [6.07, 6.45) is -2.86. The number of aryl methyl sites for hydroxylation is 6. The molecule has 6 aromatic rings. The van der Waals surface area contributed by atoms with Gasteiger partial charge in [-0.1, -0.05) is 0 Å². The highest BCUT2D eigenvalue weighted by Crippen LogP contribution is 2.28. The Balaban J connectivity index is 1.49. The van der Waals surface area contributed by atoms with E-state index in [1.165, 1.54) is 36.7 Å². The molecule has 0 saturated carbocycles. The predicted octanol–water partition coefficient (Wildman–Crippen LogP) is 0.186. The SMILES string of the molecule is CCn1nc(C)cc1C(=O)N=c1n(C)c2cc(C(N)=O)ccc2n1CC(O)C(O)Cn1c(=NC(=O)c2cc(C)nn2CC)n(C)c2cc(C(N)=O)cc(OCCCO)c21. The zero-order chi connectivity index (χ0) is 42.9. The largest absolute Gasteiger partial charge is 0.491 e. The molecule has 0 bridgehead atoms. The number of nitrogens with two attached hydrogens (primary N) is 2. The van der Waals surface area contributed by atoms with Gasteiger partial charge in [0.25, 0.3) is 11.8 Å². The highest BCUT2D eigenvalue weighted by molar-refractivity contribution is 5.99. The van der Waals surface area contributed by atoms with Gasteiger partial charge in [-0.15, -0.1) is 0 Å². The molecule has 20 nitrogen and oxygen atoms in total. The number of fused-ring (bicyclic) bond motifs is 2. The molecule has 0 radical (unpaired) electrons. The predicted molar refractivity (Wildman–Crippen MR) is 213 cm³/mol. The van der Waals surface area contributed by atoms with E-state index in [1.807, 2.05) is 13.8 Å². The van der Waals surface area contributed by atoms with Gasteiger partial charge in [-0.3, -0.25) is 28.5 Å². The molecule has 59 heavy (non-hydrogen) atoms. The Bertz CT molecular complexity index is 2760. The van der Waals surface area contributed by atoms with Crippen LogP contribution in [0.1, 0.15) is 73.3 Å². The number of benzene rings is 2. The Kier molecular flexibility index (Phi) is 12.1. The number of imidazole rings is 2. The fourth-order valence-electron chi connectivity index (χ4n) is 7.03. The van der Waals surface area contributed by atoms with Crippen molar-refractivity contribution in [2.24, 2.45) is 35.5 Å². The summed E-state index contributed by atoms with van der Waals surface area (Å²) in [5.41, 5.74) is 15.0. The quantitative estimate of drug-likeness (QED) is 0.0879. The molecule has 6 rings (SSSR count). The average molecular weight is 813 g/mol. The third-order valence-corrected chi connectivity index (χ3v) is 9.95. The number of aliphatic hydroxyl groups excluding tert-OH is 3. The van der Waals surface area contributed by atoms with E-state index in [-0.39, 0.29) is 72.2 Å². The fraction of sp³-hybridized carbons (Fsp3) is 0.385. The van der Waals surface area contributed by atoms with Gasteiger partial charge in [-0.2, -0.15) is 20.2 Å². The molecule has 0 aliphatic carbocycles. The van der Waals surface area contributed by atoms with Crippen molar-refractivity contribution in [1.29, 1.82) is 0 Å². The number of ether oxygens (including phenoxy) is 1. The Morgan fingerprint density at radius 1 is 0.729 bits per heavy atom. The van der Waals surface area contributed by atoms with Crippen LogP contribution < -0.4 is 27.4 Å². The first-order valence-electron chi connectivity index (χ1n) is 19.0. The molecule has 2 aromatic carbocycles. The minimum atomic E-state index is -1.57. The van der Waals surface area contributed by atoms with E-state index in [0.29, 0.717) is 46.5 Å². The van der Waals surface area contributed by atoms with E-state index in [0.717, 1.165) is 0 Å². The number of aliphatic hydroxyl groups is 3. The van der Waals surface area contributed by atoms with Crippen LogP contribution in [0.3, 0.4) is 0 Å². The number of hydrogen-bond acceptors (Lipinski definition) is 10. The maximum atomic E-state index is 13.8. The molecule has 2 atom stereocenters. The standard InChI is InChI=1S/C39H48N12O8/c1-7-50-28(14-21(3)44-50)36(57)42-38-46(5)26-16-23(34(40)55)10-11-25(26)48(38)19-30(53)31(54)20-49-33-27(17-24(35(41)56)18-32(33)59-13-9-12-52)47(6)39(49)43-37(58)29-15-22(4)45-51(29)8-2/h10-11,14-18,30-31,52-54H,7-9,12-13,19-20H2,1-6H3,(H2,40,55)(H2,41,56). The maximum Gasteiger partial charge on any atom is 0.298 e. The van der Waals surface area contributed by atoms with Crippen molar-refractivity contribution in [1.82, 2.24) is 37.8 Å². The van der Waals surface area contributed by atoms with Gasteiger partial charge in [0.05, 0.1) is 59.8 Å². The van der Waals surface area contributed by atoms with Crippen molar-refractivity contribution in [3.8, 4) is 5.75 Å². The first-order chi connectivity index (χ1) is 28.1. The molecule has 4 amide bonds. The van der Waals surface area contributed by atoms with Gasteiger partial charge in [0.15, 0.2) is 0 Å². The first-order valence-corrected chi connectivity index (χ1v) is 19.0. The number of nitrogens with zero attached hydrogens (tertiary/aromatic N) is 10. The molecular weight excluding hydrogens is 765 g/mol. The zero-order valence-electron chi connectivity index (χ0n) is 33.7. The van der Waals surface area contributed by atoms with Gasteiger partial charge >= 0.3 is 0 Å². The summed E-state index contributed by atoms with van der Waals surface area (Å²) in [6, 6.07) is 10.8. The Hall–Kier alpha value is -6.64. The summed E-state index contributed by atoms with van der Waals surface area (Å²) in [7, 11) is 3.25. The van der Waals surface area contributed by atoms with Crippen LogP contribution >= 0.6 is 0 Å². The van der Waals surface area contributed by atoms with E-state index < -0.39 is 35.8 Å². The van der Waals surface area contributed by atoms with Crippen LogP contribution in [-0.2, 0) is 40.3 Å². The normalized spacial score (nSPS) is 13.4. The molecule has 0 spiro atoms. The molecule has 0 aliphatic rings. The number of hydrogen-bond donors (Lipinski definition) is 5. The van der Waals surface area contributed by atoms with Gasteiger partial charge < -0.3 is 49.8 Å². The van der Waals surface area contributed by atoms with Crippen LogP contribution in [0.15, 0.2) is 52.4 Å². The van der Waals surface area contributed by atoms with Crippen molar-refractivity contribution >= 4 is 45.7 Å². The fourth-order valence-corrected chi connectivity index (χ4v) is 7.03.